The van der Waals surface area contributed by atoms with Gasteiger partial charge in [-0.1, -0.05) is 42.5 Å². The predicted octanol–water partition coefficient (Wildman–Crippen LogP) is 2.66. The van der Waals surface area contributed by atoms with E-state index in [1.807, 2.05) is 47.4 Å². The average Bonchev–Trinajstić information content (AvgIpc) is 2.62. The fraction of sp³-hybridized carbons (Fsp3) is 0.263. The van der Waals surface area contributed by atoms with Crippen molar-refractivity contribution in [3.63, 3.8) is 0 Å². The topological polar surface area (TPSA) is 52.7 Å². The maximum Gasteiger partial charge on any atom is 0.322 e. The zero-order valence-electron chi connectivity index (χ0n) is 13.3. The Morgan fingerprint density at radius 3 is 2.62 bits per heavy atom. The minimum Gasteiger partial charge on any atom is -0.332 e. The van der Waals surface area contributed by atoms with Crippen LogP contribution in [0.5, 0.6) is 0 Å². The standard InChI is InChI=1S/C19H19N3O2/c23-18-13-21(19(24)20-15-7-2-1-3-8-15)12-17-16-9-5-4-6-14(16)10-11-22(17)18/h1-9,17H,10-13H2,(H,20,24)/t17-/m0/s1. The van der Waals surface area contributed by atoms with Crippen molar-refractivity contribution in [3.8, 4) is 0 Å². The van der Waals surface area contributed by atoms with Crippen LogP contribution in [-0.2, 0) is 11.2 Å². The molecule has 1 atom stereocenters. The molecule has 1 fully saturated rings. The summed E-state index contributed by atoms with van der Waals surface area (Å²) in [7, 11) is 0. The molecule has 5 heteroatoms. The number of benzene rings is 2. The van der Waals surface area contributed by atoms with E-state index < -0.39 is 0 Å². The maximum atomic E-state index is 12.5. The number of hydrogen-bond donors (Lipinski definition) is 1. The number of nitrogens with zero attached hydrogens (tertiary/aromatic N) is 2. The van der Waals surface area contributed by atoms with E-state index in [0.717, 1.165) is 24.2 Å². The Morgan fingerprint density at radius 1 is 1.04 bits per heavy atom. The first-order chi connectivity index (χ1) is 11.7. The summed E-state index contributed by atoms with van der Waals surface area (Å²) >= 11 is 0. The molecule has 1 N–H and O–H groups in total. The van der Waals surface area contributed by atoms with Gasteiger partial charge >= 0.3 is 6.03 Å². The van der Waals surface area contributed by atoms with Crippen LogP contribution in [0.15, 0.2) is 54.6 Å². The number of hydrogen-bond acceptors (Lipinski definition) is 2. The lowest BCUT2D eigenvalue weighted by Crippen LogP contribution is -2.56. The highest BCUT2D eigenvalue weighted by molar-refractivity contribution is 5.93. The van der Waals surface area contributed by atoms with Crippen LogP contribution in [0.25, 0.3) is 0 Å². The molecule has 2 heterocycles. The second kappa shape index (κ2) is 6.00. The molecule has 0 spiro atoms. The quantitative estimate of drug-likeness (QED) is 0.878. The summed E-state index contributed by atoms with van der Waals surface area (Å²) in [6, 6.07) is 17.3. The molecular weight excluding hydrogens is 302 g/mol. The first-order valence-electron chi connectivity index (χ1n) is 8.20. The van der Waals surface area contributed by atoms with Crippen molar-refractivity contribution < 1.29 is 9.59 Å². The molecule has 0 aromatic heterocycles. The smallest absolute Gasteiger partial charge is 0.322 e. The molecule has 1 saturated heterocycles. The highest BCUT2D eigenvalue weighted by Crippen LogP contribution is 2.33. The third-order valence-corrected chi connectivity index (χ3v) is 4.76. The lowest BCUT2D eigenvalue weighted by Gasteiger charge is -2.44. The van der Waals surface area contributed by atoms with Crippen molar-refractivity contribution in [1.29, 1.82) is 0 Å². The van der Waals surface area contributed by atoms with Crippen LogP contribution < -0.4 is 5.32 Å². The van der Waals surface area contributed by atoms with Crippen LogP contribution in [0.2, 0.25) is 0 Å². The van der Waals surface area contributed by atoms with E-state index in [0.29, 0.717) is 6.54 Å². The van der Waals surface area contributed by atoms with Crippen molar-refractivity contribution in [1.82, 2.24) is 9.80 Å². The second-order valence-electron chi connectivity index (χ2n) is 6.23. The fourth-order valence-corrected chi connectivity index (χ4v) is 3.55. The zero-order chi connectivity index (χ0) is 16.5. The van der Waals surface area contributed by atoms with Gasteiger partial charge in [0.25, 0.3) is 0 Å². The van der Waals surface area contributed by atoms with Gasteiger partial charge in [-0.15, -0.1) is 0 Å². The van der Waals surface area contributed by atoms with Gasteiger partial charge in [0, 0.05) is 18.8 Å². The first-order valence-corrected chi connectivity index (χ1v) is 8.20. The van der Waals surface area contributed by atoms with Gasteiger partial charge in [-0.05, 0) is 29.7 Å². The Balaban J connectivity index is 1.56. The SMILES string of the molecule is O=C(Nc1ccccc1)N1CC(=O)N2CCc3ccccc3[C@@H]2C1. The number of para-hydroxylation sites is 1. The normalized spacial score (nSPS) is 19.5. The van der Waals surface area contributed by atoms with Crippen molar-refractivity contribution in [3.05, 3.63) is 65.7 Å². The highest BCUT2D eigenvalue weighted by Gasteiger charge is 2.38. The third kappa shape index (κ3) is 2.62. The van der Waals surface area contributed by atoms with Crippen LogP contribution in [0.4, 0.5) is 10.5 Å². The summed E-state index contributed by atoms with van der Waals surface area (Å²) in [5, 5.41) is 2.87. The minimum atomic E-state index is -0.225. The van der Waals surface area contributed by atoms with Gasteiger partial charge in [0.05, 0.1) is 6.04 Å². The highest BCUT2D eigenvalue weighted by atomic mass is 16.2. The second-order valence-corrected chi connectivity index (χ2v) is 6.23. The fourth-order valence-electron chi connectivity index (χ4n) is 3.55. The molecule has 2 aromatic carbocycles. The van der Waals surface area contributed by atoms with E-state index in [1.165, 1.54) is 5.56 Å². The lowest BCUT2D eigenvalue weighted by atomic mass is 9.91. The number of piperazine rings is 1. The molecule has 24 heavy (non-hydrogen) atoms. The summed E-state index contributed by atoms with van der Waals surface area (Å²) < 4.78 is 0. The molecule has 4 rings (SSSR count). The Kier molecular flexibility index (Phi) is 3.69. The number of anilines is 1. The third-order valence-electron chi connectivity index (χ3n) is 4.76. The van der Waals surface area contributed by atoms with Gasteiger partial charge in [0.15, 0.2) is 0 Å². The number of rotatable bonds is 1. The van der Waals surface area contributed by atoms with Crippen molar-refractivity contribution in [2.75, 3.05) is 25.0 Å². The summed E-state index contributed by atoms with van der Waals surface area (Å²) in [6.07, 6.45) is 0.884. The molecule has 3 amide bonds. The summed E-state index contributed by atoms with van der Waals surface area (Å²) in [6.45, 7) is 1.40. The maximum absolute atomic E-state index is 12.5. The van der Waals surface area contributed by atoms with Crippen molar-refractivity contribution >= 4 is 17.6 Å². The Morgan fingerprint density at radius 2 is 1.79 bits per heavy atom. The minimum absolute atomic E-state index is 0.0176. The summed E-state index contributed by atoms with van der Waals surface area (Å²) in [5.41, 5.74) is 3.17. The van der Waals surface area contributed by atoms with Gasteiger partial charge in [-0.3, -0.25) is 4.79 Å². The van der Waals surface area contributed by atoms with Gasteiger partial charge in [0.1, 0.15) is 6.54 Å². The van der Waals surface area contributed by atoms with Gasteiger partial charge in [0.2, 0.25) is 5.91 Å². The molecule has 2 aliphatic heterocycles. The molecule has 2 aliphatic rings. The van der Waals surface area contributed by atoms with Crippen LogP contribution >= 0.6 is 0 Å². The van der Waals surface area contributed by atoms with Crippen LogP contribution in [-0.4, -0.2) is 41.4 Å². The average molecular weight is 321 g/mol. The number of carbonyl (C=O) groups excluding carboxylic acids is 2. The molecule has 0 radical (unpaired) electrons. The molecule has 0 bridgehead atoms. The van der Waals surface area contributed by atoms with Crippen molar-refractivity contribution in [2.45, 2.75) is 12.5 Å². The molecule has 5 nitrogen and oxygen atoms in total. The van der Waals surface area contributed by atoms with Crippen LogP contribution in [0.3, 0.4) is 0 Å². The van der Waals surface area contributed by atoms with E-state index >= 15 is 0 Å². The number of urea groups is 1. The van der Waals surface area contributed by atoms with Gasteiger partial charge < -0.3 is 15.1 Å². The van der Waals surface area contributed by atoms with Crippen LogP contribution in [0, 0.1) is 0 Å². The molecule has 122 valence electrons. The summed E-state index contributed by atoms with van der Waals surface area (Å²) in [4.78, 5) is 28.6. The van der Waals surface area contributed by atoms with Gasteiger partial charge in [-0.2, -0.15) is 0 Å². The van der Waals surface area contributed by atoms with E-state index in [2.05, 4.69) is 17.4 Å². The number of nitrogens with one attached hydrogen (secondary N) is 1. The monoisotopic (exact) mass is 321 g/mol. The van der Waals surface area contributed by atoms with Crippen LogP contribution in [0.1, 0.15) is 17.2 Å². The number of carbonyl (C=O) groups is 2. The zero-order valence-corrected chi connectivity index (χ0v) is 13.3. The number of amides is 3. The Hall–Kier alpha value is -2.82. The predicted molar refractivity (Wildman–Crippen MR) is 91.6 cm³/mol. The summed E-state index contributed by atoms with van der Waals surface area (Å²) in [5.74, 6) is 0.0176. The Labute approximate surface area is 140 Å². The van der Waals surface area contributed by atoms with E-state index in [-0.39, 0.29) is 24.5 Å². The number of fused-ring (bicyclic) bond motifs is 3. The lowest BCUT2D eigenvalue weighted by molar-refractivity contribution is -0.139. The Bertz CT molecular complexity index is 775. The van der Waals surface area contributed by atoms with Crippen molar-refractivity contribution in [2.24, 2.45) is 0 Å². The molecule has 0 unspecified atom stereocenters. The van der Waals surface area contributed by atoms with E-state index in [9.17, 15) is 9.59 Å². The van der Waals surface area contributed by atoms with E-state index in [1.54, 1.807) is 4.90 Å². The molecule has 0 saturated carbocycles. The largest absolute Gasteiger partial charge is 0.332 e. The van der Waals surface area contributed by atoms with E-state index in [4.69, 9.17) is 0 Å². The molecular formula is C19H19N3O2. The molecule has 2 aromatic rings. The molecule has 0 aliphatic carbocycles. The first kappa shape index (κ1) is 14.8. The van der Waals surface area contributed by atoms with Gasteiger partial charge in [-0.25, -0.2) is 4.79 Å².